The number of rotatable bonds is 7. The predicted octanol–water partition coefficient (Wildman–Crippen LogP) is 2.58. The molecule has 2 unspecified atom stereocenters. The molecule has 0 aliphatic carbocycles. The summed E-state index contributed by atoms with van der Waals surface area (Å²) in [6, 6.07) is 13.0. The summed E-state index contributed by atoms with van der Waals surface area (Å²) >= 11 is 6.09. The van der Waals surface area contributed by atoms with Gasteiger partial charge in [0.2, 0.25) is 0 Å². The van der Waals surface area contributed by atoms with E-state index in [1.165, 1.54) is 6.92 Å². The van der Waals surface area contributed by atoms with E-state index in [0.29, 0.717) is 0 Å². The zero-order valence-corrected chi connectivity index (χ0v) is 16.4. The minimum Gasteiger partial charge on any atom is -0.451 e. The van der Waals surface area contributed by atoms with Crippen molar-refractivity contribution in [3.8, 4) is 0 Å². The van der Waals surface area contributed by atoms with Gasteiger partial charge in [0.25, 0.3) is 11.8 Å². The Morgan fingerprint density at radius 3 is 2.55 bits per heavy atom. The fourth-order valence-electron chi connectivity index (χ4n) is 2.91. The molecule has 1 heterocycles. The van der Waals surface area contributed by atoms with Crippen molar-refractivity contribution in [2.45, 2.75) is 25.5 Å². The Hall–Kier alpha value is -3.32. The molecule has 0 spiro atoms. The third-order valence-electron chi connectivity index (χ3n) is 4.50. The van der Waals surface area contributed by atoms with E-state index < -0.39 is 29.9 Å². The van der Waals surface area contributed by atoms with Gasteiger partial charge in [-0.1, -0.05) is 41.9 Å². The highest BCUT2D eigenvalue weighted by atomic mass is 35.5. The Kier molecular flexibility index (Phi) is 6.19. The number of fused-ring (bicyclic) bond motifs is 1. The maximum atomic E-state index is 12.7. The third kappa shape index (κ3) is 4.75. The first kappa shape index (κ1) is 20.4. The van der Waals surface area contributed by atoms with E-state index in [-0.39, 0.29) is 17.0 Å². The Labute approximate surface area is 172 Å². The lowest BCUT2D eigenvalue weighted by molar-refractivity contribution is -0.155. The number of carbonyl (C=O) groups is 3. The first-order chi connectivity index (χ1) is 13.9. The van der Waals surface area contributed by atoms with Gasteiger partial charge in [0, 0.05) is 23.5 Å². The summed E-state index contributed by atoms with van der Waals surface area (Å²) in [7, 11) is 0. The first-order valence-electron chi connectivity index (χ1n) is 8.97. The summed E-state index contributed by atoms with van der Waals surface area (Å²) < 4.78 is 5.13. The van der Waals surface area contributed by atoms with Crippen LogP contribution in [0.5, 0.6) is 0 Å². The molecule has 29 heavy (non-hydrogen) atoms. The van der Waals surface area contributed by atoms with Crippen LogP contribution in [0.15, 0.2) is 54.7 Å². The number of aromatic amines is 1. The van der Waals surface area contributed by atoms with Gasteiger partial charge >= 0.3 is 5.97 Å². The standard InChI is InChI=1S/C21H20ClN3O4/c1-12(19(23)26)29-21(28)18(25-20(27)15-7-2-4-8-16(15)22)10-13-11-24-17-9-5-3-6-14(13)17/h2-9,11-12,18,24H,10H2,1H3,(H2,23,26)(H,25,27). The van der Waals surface area contributed by atoms with E-state index in [1.54, 1.807) is 30.5 Å². The van der Waals surface area contributed by atoms with Crippen LogP contribution in [0.2, 0.25) is 5.02 Å². The summed E-state index contributed by atoms with van der Waals surface area (Å²) in [5.74, 6) is -2.06. The van der Waals surface area contributed by atoms with Crippen LogP contribution in [-0.2, 0) is 20.7 Å². The Bertz CT molecular complexity index is 1060. The van der Waals surface area contributed by atoms with E-state index in [9.17, 15) is 14.4 Å². The molecule has 2 aromatic carbocycles. The average Bonchev–Trinajstić information content (AvgIpc) is 3.10. The SMILES string of the molecule is CC(OC(=O)C(Cc1c[nH]c2ccccc12)NC(=O)c1ccccc1Cl)C(N)=O. The fraction of sp³-hybridized carbons (Fsp3) is 0.190. The van der Waals surface area contributed by atoms with Gasteiger partial charge in [-0.2, -0.15) is 0 Å². The maximum absolute atomic E-state index is 12.7. The Morgan fingerprint density at radius 1 is 1.14 bits per heavy atom. The van der Waals surface area contributed by atoms with E-state index in [4.69, 9.17) is 22.1 Å². The van der Waals surface area contributed by atoms with Gasteiger partial charge in [-0.3, -0.25) is 9.59 Å². The molecule has 1 aromatic heterocycles. The van der Waals surface area contributed by atoms with Gasteiger partial charge in [0.1, 0.15) is 6.04 Å². The summed E-state index contributed by atoms with van der Waals surface area (Å²) in [6.07, 6.45) is 0.805. The fourth-order valence-corrected chi connectivity index (χ4v) is 3.13. The van der Waals surface area contributed by atoms with Crippen LogP contribution in [0.1, 0.15) is 22.8 Å². The molecule has 7 nitrogen and oxygen atoms in total. The Balaban J connectivity index is 1.86. The molecular formula is C21H20ClN3O4. The monoisotopic (exact) mass is 413 g/mol. The zero-order chi connectivity index (χ0) is 21.0. The van der Waals surface area contributed by atoms with Crippen molar-refractivity contribution in [2.24, 2.45) is 5.73 Å². The van der Waals surface area contributed by atoms with Crippen LogP contribution in [0, 0.1) is 0 Å². The lowest BCUT2D eigenvalue weighted by atomic mass is 10.0. The third-order valence-corrected chi connectivity index (χ3v) is 4.83. The minimum atomic E-state index is -1.12. The molecule has 2 amide bonds. The number of nitrogens with two attached hydrogens (primary N) is 1. The first-order valence-corrected chi connectivity index (χ1v) is 9.35. The van der Waals surface area contributed by atoms with Crippen molar-refractivity contribution in [3.63, 3.8) is 0 Å². The molecule has 0 saturated heterocycles. The van der Waals surface area contributed by atoms with Gasteiger partial charge in [-0.25, -0.2) is 4.79 Å². The van der Waals surface area contributed by atoms with Crippen LogP contribution in [0.25, 0.3) is 10.9 Å². The number of esters is 1. The predicted molar refractivity (Wildman–Crippen MR) is 109 cm³/mol. The second-order valence-corrected chi connectivity index (χ2v) is 6.96. The van der Waals surface area contributed by atoms with Crippen molar-refractivity contribution in [2.75, 3.05) is 0 Å². The highest BCUT2D eigenvalue weighted by Gasteiger charge is 2.27. The van der Waals surface area contributed by atoms with Crippen molar-refractivity contribution in [1.82, 2.24) is 10.3 Å². The van der Waals surface area contributed by atoms with Crippen molar-refractivity contribution in [3.05, 3.63) is 70.9 Å². The number of halogens is 1. The lowest BCUT2D eigenvalue weighted by Crippen LogP contribution is -2.45. The van der Waals surface area contributed by atoms with Gasteiger partial charge < -0.3 is 20.8 Å². The van der Waals surface area contributed by atoms with Gasteiger partial charge in [0.05, 0.1) is 10.6 Å². The number of hydrogen-bond acceptors (Lipinski definition) is 4. The minimum absolute atomic E-state index is 0.157. The van der Waals surface area contributed by atoms with E-state index in [0.717, 1.165) is 16.5 Å². The molecule has 0 radical (unpaired) electrons. The largest absolute Gasteiger partial charge is 0.451 e. The number of carbonyl (C=O) groups excluding carboxylic acids is 3. The average molecular weight is 414 g/mol. The number of hydrogen-bond donors (Lipinski definition) is 3. The van der Waals surface area contributed by atoms with Crippen LogP contribution < -0.4 is 11.1 Å². The van der Waals surface area contributed by atoms with Gasteiger partial charge in [0.15, 0.2) is 6.10 Å². The number of H-pyrrole nitrogens is 1. The molecule has 0 bridgehead atoms. The number of amides is 2. The summed E-state index contributed by atoms with van der Waals surface area (Å²) in [5.41, 5.74) is 7.13. The number of nitrogens with one attached hydrogen (secondary N) is 2. The van der Waals surface area contributed by atoms with E-state index in [1.807, 2.05) is 24.3 Å². The van der Waals surface area contributed by atoms with Gasteiger partial charge in [-0.15, -0.1) is 0 Å². The molecule has 0 fully saturated rings. The highest BCUT2D eigenvalue weighted by molar-refractivity contribution is 6.33. The van der Waals surface area contributed by atoms with E-state index >= 15 is 0 Å². The van der Waals surface area contributed by atoms with Gasteiger partial charge in [-0.05, 0) is 30.7 Å². The molecule has 2 atom stereocenters. The molecule has 3 rings (SSSR count). The van der Waals surface area contributed by atoms with Crippen LogP contribution >= 0.6 is 11.6 Å². The van der Waals surface area contributed by atoms with Crippen LogP contribution in [-0.4, -0.2) is 34.9 Å². The van der Waals surface area contributed by atoms with Crippen molar-refractivity contribution < 1.29 is 19.1 Å². The maximum Gasteiger partial charge on any atom is 0.329 e. The topological polar surface area (TPSA) is 114 Å². The summed E-state index contributed by atoms with van der Waals surface area (Å²) in [5, 5.41) is 3.83. The number of aromatic nitrogens is 1. The number of benzene rings is 2. The normalized spacial score (nSPS) is 12.9. The Morgan fingerprint density at radius 2 is 1.83 bits per heavy atom. The quantitative estimate of drug-likeness (QED) is 0.516. The summed E-state index contributed by atoms with van der Waals surface area (Å²) in [6.45, 7) is 1.37. The number of ether oxygens (including phenoxy) is 1. The number of primary amides is 1. The molecule has 0 saturated carbocycles. The van der Waals surface area contributed by atoms with Crippen molar-refractivity contribution in [1.29, 1.82) is 0 Å². The molecule has 3 aromatic rings. The lowest BCUT2D eigenvalue weighted by Gasteiger charge is -2.19. The molecular weight excluding hydrogens is 394 g/mol. The summed E-state index contributed by atoms with van der Waals surface area (Å²) in [4.78, 5) is 39.8. The molecule has 150 valence electrons. The second kappa shape index (κ2) is 8.79. The molecule has 8 heteroatoms. The second-order valence-electron chi connectivity index (χ2n) is 6.55. The zero-order valence-electron chi connectivity index (χ0n) is 15.6. The highest BCUT2D eigenvalue weighted by Crippen LogP contribution is 2.20. The van der Waals surface area contributed by atoms with Crippen molar-refractivity contribution >= 4 is 40.3 Å². The van der Waals surface area contributed by atoms with Crippen LogP contribution in [0.4, 0.5) is 0 Å². The number of para-hydroxylation sites is 1. The van der Waals surface area contributed by atoms with Crippen LogP contribution in [0.3, 0.4) is 0 Å². The van der Waals surface area contributed by atoms with E-state index in [2.05, 4.69) is 10.3 Å². The molecule has 4 N–H and O–H groups in total. The molecule has 0 aliphatic heterocycles. The smallest absolute Gasteiger partial charge is 0.329 e. The molecule has 0 aliphatic rings.